The molecular formula is C49H67N3O13. The van der Waals surface area contributed by atoms with Gasteiger partial charge in [0.1, 0.15) is 35.6 Å². The fourth-order valence-corrected chi connectivity index (χ4v) is 10.2. The molecule has 1 amide bonds. The molecule has 1 saturated heterocycles. The maximum absolute atomic E-state index is 15.0. The van der Waals surface area contributed by atoms with Gasteiger partial charge in [0.05, 0.1) is 29.7 Å². The summed E-state index contributed by atoms with van der Waals surface area (Å²) in [4.78, 5) is 75.4. The van der Waals surface area contributed by atoms with Crippen LogP contribution in [0.15, 0.2) is 71.8 Å². The molecule has 10 atom stereocenters. The van der Waals surface area contributed by atoms with Gasteiger partial charge in [-0.2, -0.15) is 0 Å². The molecule has 3 aliphatic carbocycles. The number of alkyl carbamates (subject to hydrolysis) is 1. The predicted octanol–water partition coefficient (Wildman–Crippen LogP) is 4.15. The summed E-state index contributed by atoms with van der Waals surface area (Å²) in [5.74, 6) is -4.56. The van der Waals surface area contributed by atoms with Crippen molar-refractivity contribution in [3.8, 4) is 0 Å². The van der Waals surface area contributed by atoms with Gasteiger partial charge in [0.15, 0.2) is 5.78 Å². The minimum absolute atomic E-state index is 0.0173. The molecule has 3 fully saturated rings. The second kappa shape index (κ2) is 19.6. The summed E-state index contributed by atoms with van der Waals surface area (Å²) in [5, 5.41) is 40.4. The van der Waals surface area contributed by atoms with Crippen molar-refractivity contribution in [2.75, 3.05) is 46.4 Å². The average Bonchev–Trinajstić information content (AvgIpc) is 3.24. The Bertz CT molecular complexity index is 2080. The summed E-state index contributed by atoms with van der Waals surface area (Å²) in [7, 11) is 1.98. The number of Topliss-reactive ketones (excluding diaryl/α,β-unsaturated/α-hetero) is 1. The van der Waals surface area contributed by atoms with Crippen molar-refractivity contribution >= 4 is 29.8 Å². The molecule has 2 bridgehead atoms. The highest BCUT2D eigenvalue weighted by Crippen LogP contribution is 2.60. The van der Waals surface area contributed by atoms with Gasteiger partial charge in [0, 0.05) is 57.0 Å². The number of amides is 1. The van der Waals surface area contributed by atoms with Gasteiger partial charge in [-0.05, 0) is 83.9 Å². The number of piperazine rings is 1. The molecule has 4 aliphatic rings. The number of carbonyl (C=O) groups excluding carboxylic acids is 5. The molecule has 356 valence electrons. The summed E-state index contributed by atoms with van der Waals surface area (Å²) in [6, 6.07) is 15.2. The van der Waals surface area contributed by atoms with Gasteiger partial charge in [-0.25, -0.2) is 14.4 Å². The summed E-state index contributed by atoms with van der Waals surface area (Å²) in [6.45, 7) is 15.8. The Kier molecular flexibility index (Phi) is 15.0. The van der Waals surface area contributed by atoms with Gasteiger partial charge < -0.3 is 49.2 Å². The Balaban J connectivity index is 1.46. The van der Waals surface area contributed by atoms with E-state index in [1.54, 1.807) is 109 Å². The largest absolute Gasteiger partial charge is 0.455 e. The normalized spacial score (nSPS) is 30.4. The Morgan fingerprint density at radius 2 is 1.52 bits per heavy atom. The first-order valence-corrected chi connectivity index (χ1v) is 22.6. The van der Waals surface area contributed by atoms with E-state index in [1.165, 1.54) is 6.92 Å². The van der Waals surface area contributed by atoms with Crippen molar-refractivity contribution in [2.45, 2.75) is 129 Å². The average molecular weight is 906 g/mol. The Morgan fingerprint density at radius 3 is 2.12 bits per heavy atom. The Hall–Kier alpha value is -4.71. The minimum atomic E-state index is -2.19. The van der Waals surface area contributed by atoms with Crippen LogP contribution in [0.4, 0.5) is 4.79 Å². The lowest BCUT2D eigenvalue weighted by molar-refractivity contribution is -0.230. The highest BCUT2D eigenvalue weighted by molar-refractivity contribution is 5.94. The first kappa shape index (κ1) is 49.7. The van der Waals surface area contributed by atoms with Crippen LogP contribution in [0.5, 0.6) is 0 Å². The molecule has 16 nitrogen and oxygen atoms in total. The maximum atomic E-state index is 15.0. The van der Waals surface area contributed by atoms with Crippen LogP contribution in [0.2, 0.25) is 0 Å². The van der Waals surface area contributed by atoms with Gasteiger partial charge in [-0.1, -0.05) is 62.4 Å². The van der Waals surface area contributed by atoms with Crippen molar-refractivity contribution < 1.29 is 63.0 Å². The predicted molar refractivity (Wildman–Crippen MR) is 237 cm³/mol. The second-order valence-corrected chi connectivity index (χ2v) is 19.7. The third-order valence-electron chi connectivity index (χ3n) is 14.0. The number of likely N-dealkylation sites (N-methyl/N-ethyl adjacent to an activating group) is 1. The highest BCUT2D eigenvalue weighted by atomic mass is 16.6. The number of rotatable bonds is 12. The number of aliphatic hydroxyl groups is 3. The number of aliphatic hydroxyl groups excluding tert-OH is 2. The van der Waals surface area contributed by atoms with E-state index in [2.05, 4.69) is 10.2 Å². The summed E-state index contributed by atoms with van der Waals surface area (Å²) >= 11 is 0. The number of benzene rings is 2. The maximum Gasteiger partial charge on any atom is 0.408 e. The molecule has 6 rings (SSSR count). The zero-order chi connectivity index (χ0) is 47.6. The van der Waals surface area contributed by atoms with E-state index in [4.69, 9.17) is 23.7 Å². The third kappa shape index (κ3) is 10.3. The van der Waals surface area contributed by atoms with Crippen molar-refractivity contribution in [1.82, 2.24) is 15.1 Å². The van der Waals surface area contributed by atoms with Crippen molar-refractivity contribution in [3.05, 3.63) is 82.9 Å². The molecular weight excluding hydrogens is 839 g/mol. The topological polar surface area (TPSA) is 211 Å². The molecule has 65 heavy (non-hydrogen) atoms. The van der Waals surface area contributed by atoms with E-state index in [0.29, 0.717) is 31.7 Å². The standard InChI is InChI=1S/C49H67N3O13/c1-10-61-32-25-33-42(64-43(57)31-19-15-12-16-20-31)49(60)27-34(29(2)37(47(49,6)7)39(55)41(56)48(33,8)35(53)26-32)62-44(58)40(63-36(54)28-52-23-21-51(9)22-24-52)38(30-17-13-11-14-18-30)50-45(59)65-46(3,4)5/h11-20,32-35,38-40,42,53,55,60H,10,21-28H2,1-9H3,(H,50,59)/t32-,33?,34-,35-,38-,39+,40+,42-,48-,49+/m0/s1. The summed E-state index contributed by atoms with van der Waals surface area (Å²) in [5.41, 5.74) is -5.62. The van der Waals surface area contributed by atoms with Crippen LogP contribution in [-0.2, 0) is 38.1 Å². The third-order valence-corrected chi connectivity index (χ3v) is 14.0. The molecule has 1 aliphatic heterocycles. The number of nitrogens with one attached hydrogen (secondary N) is 1. The molecule has 2 saturated carbocycles. The van der Waals surface area contributed by atoms with Crippen LogP contribution in [0.3, 0.4) is 0 Å². The number of nitrogens with zero attached hydrogens (tertiary/aromatic N) is 2. The number of carbonyl (C=O) groups is 5. The first-order valence-electron chi connectivity index (χ1n) is 22.6. The highest BCUT2D eigenvalue weighted by Gasteiger charge is 2.69. The van der Waals surface area contributed by atoms with Gasteiger partial charge in [0.25, 0.3) is 0 Å². The molecule has 2 aromatic rings. The molecule has 0 aromatic heterocycles. The van der Waals surface area contributed by atoms with Gasteiger partial charge >= 0.3 is 24.0 Å². The van der Waals surface area contributed by atoms with Gasteiger partial charge in [-0.3, -0.25) is 14.5 Å². The molecule has 1 heterocycles. The van der Waals surface area contributed by atoms with Crippen molar-refractivity contribution in [3.63, 3.8) is 0 Å². The lowest BCUT2D eigenvalue weighted by atomic mass is 9.48. The molecule has 1 unspecified atom stereocenters. The molecule has 2 aromatic carbocycles. The Morgan fingerprint density at radius 1 is 0.908 bits per heavy atom. The van der Waals surface area contributed by atoms with Crippen LogP contribution in [0.1, 0.15) is 96.6 Å². The number of ether oxygens (including phenoxy) is 5. The number of esters is 3. The van der Waals surface area contributed by atoms with Crippen LogP contribution < -0.4 is 5.32 Å². The van der Waals surface area contributed by atoms with Crippen molar-refractivity contribution in [2.24, 2.45) is 16.7 Å². The number of ketones is 1. The van der Waals surface area contributed by atoms with Crippen LogP contribution in [0.25, 0.3) is 0 Å². The fraction of sp³-hybridized carbons (Fsp3) is 0.612. The number of hydrogen-bond acceptors (Lipinski definition) is 15. The van der Waals surface area contributed by atoms with E-state index in [9.17, 15) is 39.3 Å². The first-order chi connectivity index (χ1) is 30.5. The molecule has 16 heteroatoms. The van der Waals surface area contributed by atoms with E-state index in [-0.39, 0.29) is 42.7 Å². The quantitative estimate of drug-likeness (QED) is 0.134. The summed E-state index contributed by atoms with van der Waals surface area (Å²) in [6.07, 6.45) is -9.87. The lowest BCUT2D eigenvalue weighted by Crippen LogP contribution is -2.71. The van der Waals surface area contributed by atoms with Crippen molar-refractivity contribution in [1.29, 1.82) is 0 Å². The van der Waals surface area contributed by atoms with E-state index in [1.807, 2.05) is 11.9 Å². The monoisotopic (exact) mass is 905 g/mol. The Labute approximate surface area is 381 Å². The van der Waals surface area contributed by atoms with Gasteiger partial charge in [-0.15, -0.1) is 0 Å². The smallest absolute Gasteiger partial charge is 0.408 e. The second-order valence-electron chi connectivity index (χ2n) is 19.7. The van der Waals surface area contributed by atoms with E-state index >= 15 is 0 Å². The van der Waals surface area contributed by atoms with E-state index < -0.39 is 107 Å². The van der Waals surface area contributed by atoms with Crippen LogP contribution >= 0.6 is 0 Å². The molecule has 4 N–H and O–H groups in total. The molecule has 0 radical (unpaired) electrons. The van der Waals surface area contributed by atoms with E-state index in [0.717, 1.165) is 0 Å². The summed E-state index contributed by atoms with van der Waals surface area (Å²) < 4.78 is 30.3. The SMILES string of the molecule is CCO[C@H]1CC2[C@H](OC(=O)c3ccccc3)[C@]3(O)C[C@H](OC(=O)[C@H](OC(=O)CN4CCN(C)CC4)[C@@H](NC(=O)OC(C)(C)C)c4ccccc4)C(C)=C([C@@H](O)C(=O)[C@]2(C)[C@@H](O)C1)C3(C)C. The van der Waals surface area contributed by atoms with Gasteiger partial charge in [0.2, 0.25) is 6.10 Å². The van der Waals surface area contributed by atoms with Crippen LogP contribution in [-0.4, -0.2) is 149 Å². The molecule has 0 spiro atoms. The zero-order valence-corrected chi connectivity index (χ0v) is 39.1. The zero-order valence-electron chi connectivity index (χ0n) is 39.1. The minimum Gasteiger partial charge on any atom is -0.455 e. The lowest BCUT2D eigenvalue weighted by Gasteiger charge is -2.61. The number of fused-ring (bicyclic) bond motifs is 3. The fourth-order valence-electron chi connectivity index (χ4n) is 10.2. The van der Waals surface area contributed by atoms with Crippen LogP contribution in [0, 0.1) is 16.7 Å². The number of hydrogen-bond donors (Lipinski definition) is 4.